The van der Waals surface area contributed by atoms with Gasteiger partial charge in [0.05, 0.1) is 0 Å². The Morgan fingerprint density at radius 1 is 1.10 bits per heavy atom. The number of carbonyl (C=O) groups is 2. The molecule has 0 bridgehead atoms. The fourth-order valence-electron chi connectivity index (χ4n) is 6.04. The van der Waals surface area contributed by atoms with Crippen LogP contribution in [0.25, 0.3) is 11.1 Å². The van der Waals surface area contributed by atoms with Gasteiger partial charge < -0.3 is 9.84 Å². The Labute approximate surface area is 182 Å². The van der Waals surface area contributed by atoms with E-state index in [2.05, 4.69) is 29.2 Å². The molecule has 2 aromatic carbocycles. The van der Waals surface area contributed by atoms with Crippen molar-refractivity contribution in [2.24, 2.45) is 0 Å². The highest BCUT2D eigenvalue weighted by Gasteiger charge is 2.59. The summed E-state index contributed by atoms with van der Waals surface area (Å²) in [5, 5.41) is 10.2. The van der Waals surface area contributed by atoms with Crippen LogP contribution < -0.4 is 0 Å². The molecule has 2 aromatic rings. The van der Waals surface area contributed by atoms with Crippen molar-refractivity contribution in [2.45, 2.75) is 43.7 Å². The summed E-state index contributed by atoms with van der Waals surface area (Å²) < 4.78 is 5.83. The number of likely N-dealkylation sites (N-methyl/N-ethyl adjacent to an activating group) is 1. The first-order valence-electron chi connectivity index (χ1n) is 11.2. The third-order valence-electron chi connectivity index (χ3n) is 7.42. The molecule has 6 heteroatoms. The number of ether oxygens (including phenoxy) is 1. The number of benzene rings is 2. The molecule has 1 aliphatic carbocycles. The lowest BCUT2D eigenvalue weighted by molar-refractivity contribution is -0.152. The first-order chi connectivity index (χ1) is 15.1. The van der Waals surface area contributed by atoms with Gasteiger partial charge >= 0.3 is 12.1 Å². The molecule has 5 rings (SSSR count). The zero-order chi connectivity index (χ0) is 21.6. The molecule has 2 heterocycles. The summed E-state index contributed by atoms with van der Waals surface area (Å²) >= 11 is 0. The lowest BCUT2D eigenvalue weighted by Crippen LogP contribution is -2.62. The van der Waals surface area contributed by atoms with Crippen LogP contribution in [-0.2, 0) is 9.53 Å². The van der Waals surface area contributed by atoms with Gasteiger partial charge in [0.1, 0.15) is 6.61 Å². The molecule has 2 unspecified atom stereocenters. The zero-order valence-electron chi connectivity index (χ0n) is 17.8. The van der Waals surface area contributed by atoms with E-state index in [1.807, 2.05) is 31.2 Å². The quantitative estimate of drug-likeness (QED) is 0.793. The molecule has 0 aromatic heterocycles. The van der Waals surface area contributed by atoms with Gasteiger partial charge in [-0.3, -0.25) is 9.80 Å². The number of nitrogens with zero attached hydrogens (tertiary/aromatic N) is 2. The first-order valence-corrected chi connectivity index (χ1v) is 11.2. The standard InChI is InChI=1S/C25H28N2O4/c1-2-27(25(23(28)29)13-15-26-14-7-12-22(25)26)24(30)31-16-21-19-10-5-3-8-17(19)18-9-4-6-11-20(18)21/h3-6,8-11,21-22H,2,7,12-16H2,1H3,(H,28,29). The van der Waals surface area contributed by atoms with Crippen molar-refractivity contribution >= 4 is 12.1 Å². The van der Waals surface area contributed by atoms with Crippen molar-refractivity contribution in [3.8, 4) is 11.1 Å². The fourth-order valence-corrected chi connectivity index (χ4v) is 6.04. The summed E-state index contributed by atoms with van der Waals surface area (Å²) in [5.41, 5.74) is 3.44. The van der Waals surface area contributed by atoms with E-state index in [-0.39, 0.29) is 18.6 Å². The summed E-state index contributed by atoms with van der Waals surface area (Å²) in [7, 11) is 0. The van der Waals surface area contributed by atoms with Crippen LogP contribution >= 0.6 is 0 Å². The van der Waals surface area contributed by atoms with Crippen LogP contribution in [0.2, 0.25) is 0 Å². The third kappa shape index (κ3) is 2.96. The molecular weight excluding hydrogens is 392 g/mol. The molecule has 2 aliphatic heterocycles. The molecule has 1 amide bonds. The maximum Gasteiger partial charge on any atom is 0.410 e. The minimum atomic E-state index is -1.20. The number of hydrogen-bond acceptors (Lipinski definition) is 4. The number of carbonyl (C=O) groups excluding carboxylic acids is 1. The maximum absolute atomic E-state index is 13.3. The molecule has 3 aliphatic rings. The van der Waals surface area contributed by atoms with Crippen LogP contribution in [0.15, 0.2) is 48.5 Å². The number of fused-ring (bicyclic) bond motifs is 4. The van der Waals surface area contributed by atoms with Gasteiger partial charge in [-0.1, -0.05) is 48.5 Å². The number of carboxylic acid groups (broad SMARTS) is 1. The van der Waals surface area contributed by atoms with Crippen LogP contribution in [0.4, 0.5) is 4.79 Å². The minimum Gasteiger partial charge on any atom is -0.479 e. The highest BCUT2D eigenvalue weighted by Crippen LogP contribution is 2.45. The predicted molar refractivity (Wildman–Crippen MR) is 117 cm³/mol. The summed E-state index contributed by atoms with van der Waals surface area (Å²) in [4.78, 5) is 29.4. The Morgan fingerprint density at radius 2 is 1.74 bits per heavy atom. The second kappa shape index (κ2) is 7.68. The van der Waals surface area contributed by atoms with E-state index in [1.165, 1.54) is 16.0 Å². The molecule has 0 radical (unpaired) electrons. The monoisotopic (exact) mass is 420 g/mol. The van der Waals surface area contributed by atoms with E-state index < -0.39 is 17.6 Å². The van der Waals surface area contributed by atoms with E-state index in [4.69, 9.17) is 4.74 Å². The summed E-state index contributed by atoms with van der Waals surface area (Å²) in [6.07, 6.45) is 1.70. The Bertz CT molecular complexity index is 977. The highest BCUT2D eigenvalue weighted by molar-refractivity contribution is 5.86. The Balaban J connectivity index is 1.39. The molecule has 0 spiro atoms. The average molecular weight is 421 g/mol. The second-order valence-electron chi connectivity index (χ2n) is 8.72. The molecule has 2 saturated heterocycles. The molecule has 0 saturated carbocycles. The molecule has 1 N–H and O–H groups in total. The van der Waals surface area contributed by atoms with Gasteiger partial charge in [-0.05, 0) is 55.0 Å². The normalized spacial score (nSPS) is 24.5. The zero-order valence-corrected chi connectivity index (χ0v) is 17.8. The topological polar surface area (TPSA) is 70.1 Å². The van der Waals surface area contributed by atoms with Crippen LogP contribution in [-0.4, -0.2) is 64.8 Å². The molecule has 31 heavy (non-hydrogen) atoms. The number of amides is 1. The Morgan fingerprint density at radius 3 is 2.35 bits per heavy atom. The van der Waals surface area contributed by atoms with Gasteiger partial charge in [0, 0.05) is 25.0 Å². The van der Waals surface area contributed by atoms with Gasteiger partial charge in [0.25, 0.3) is 0 Å². The van der Waals surface area contributed by atoms with E-state index in [0.717, 1.165) is 30.5 Å². The van der Waals surface area contributed by atoms with Gasteiger partial charge in [-0.25, -0.2) is 9.59 Å². The smallest absolute Gasteiger partial charge is 0.410 e. The predicted octanol–water partition coefficient (Wildman–Crippen LogP) is 3.95. The van der Waals surface area contributed by atoms with E-state index >= 15 is 0 Å². The molecule has 2 fully saturated rings. The Hall–Kier alpha value is -2.86. The van der Waals surface area contributed by atoms with Crippen molar-refractivity contribution in [1.29, 1.82) is 0 Å². The van der Waals surface area contributed by atoms with Crippen molar-refractivity contribution in [2.75, 3.05) is 26.2 Å². The third-order valence-corrected chi connectivity index (χ3v) is 7.42. The van der Waals surface area contributed by atoms with Crippen LogP contribution in [0.5, 0.6) is 0 Å². The lowest BCUT2D eigenvalue weighted by atomic mass is 9.87. The number of rotatable bonds is 5. The van der Waals surface area contributed by atoms with Crippen LogP contribution in [0.1, 0.15) is 43.2 Å². The van der Waals surface area contributed by atoms with Crippen molar-refractivity contribution in [3.05, 3.63) is 59.7 Å². The SMILES string of the molecule is CCN(C(=O)OCC1c2ccccc2-c2ccccc21)C1(C(=O)O)CCN2CCCC21. The molecular formula is C25H28N2O4. The maximum atomic E-state index is 13.3. The highest BCUT2D eigenvalue weighted by atomic mass is 16.6. The first kappa shape index (κ1) is 20.1. The number of aliphatic carboxylic acids is 1. The van der Waals surface area contributed by atoms with Crippen LogP contribution in [0.3, 0.4) is 0 Å². The number of hydrogen-bond donors (Lipinski definition) is 1. The summed E-state index contributed by atoms with van der Waals surface area (Å²) in [5.74, 6) is -0.959. The number of carboxylic acids is 1. The van der Waals surface area contributed by atoms with E-state index in [1.54, 1.807) is 0 Å². The molecule has 6 nitrogen and oxygen atoms in total. The lowest BCUT2D eigenvalue weighted by Gasteiger charge is -2.40. The van der Waals surface area contributed by atoms with Gasteiger partial charge in [0.2, 0.25) is 0 Å². The molecule has 2 atom stereocenters. The second-order valence-corrected chi connectivity index (χ2v) is 8.72. The Kier molecular flexibility index (Phi) is 4.97. The van der Waals surface area contributed by atoms with Crippen molar-refractivity contribution in [1.82, 2.24) is 9.80 Å². The molecule has 162 valence electrons. The summed E-state index contributed by atoms with van der Waals surface area (Å²) in [6, 6.07) is 16.3. The average Bonchev–Trinajstić information content (AvgIpc) is 3.46. The van der Waals surface area contributed by atoms with Crippen molar-refractivity contribution < 1.29 is 19.4 Å². The van der Waals surface area contributed by atoms with Gasteiger partial charge in [-0.2, -0.15) is 0 Å². The van der Waals surface area contributed by atoms with Gasteiger partial charge in [-0.15, -0.1) is 0 Å². The van der Waals surface area contributed by atoms with Crippen LogP contribution in [0, 0.1) is 0 Å². The van der Waals surface area contributed by atoms with Gasteiger partial charge in [0.15, 0.2) is 5.54 Å². The minimum absolute atomic E-state index is 0.0395. The van der Waals surface area contributed by atoms with E-state index in [0.29, 0.717) is 19.5 Å². The fraction of sp³-hybridized carbons (Fsp3) is 0.440. The largest absolute Gasteiger partial charge is 0.479 e. The van der Waals surface area contributed by atoms with Crippen molar-refractivity contribution in [3.63, 3.8) is 0 Å². The summed E-state index contributed by atoms with van der Waals surface area (Å²) in [6.45, 7) is 3.97. The van der Waals surface area contributed by atoms with E-state index in [9.17, 15) is 14.7 Å².